The number of hydrogen-bond acceptors (Lipinski definition) is 5. The maximum atomic E-state index is 13.8. The van der Waals surface area contributed by atoms with Gasteiger partial charge in [-0.15, -0.1) is 11.3 Å². The van der Waals surface area contributed by atoms with Crippen molar-refractivity contribution in [1.29, 1.82) is 0 Å². The number of nitrogens with one attached hydrogen (secondary N) is 1. The molecule has 178 valence electrons. The topological polar surface area (TPSA) is 71.5 Å². The Hall–Kier alpha value is -3.45. The van der Waals surface area contributed by atoms with E-state index in [4.69, 9.17) is 4.74 Å². The van der Waals surface area contributed by atoms with Gasteiger partial charge in [0.05, 0.1) is 21.5 Å². The van der Waals surface area contributed by atoms with E-state index >= 15 is 0 Å². The lowest BCUT2D eigenvalue weighted by Gasteiger charge is -2.28. The van der Waals surface area contributed by atoms with E-state index in [0.29, 0.717) is 36.2 Å². The number of rotatable bonds is 5. The fourth-order valence-corrected chi connectivity index (χ4v) is 6.30. The predicted octanol–water partition coefficient (Wildman–Crippen LogP) is 4.72. The normalized spacial score (nSPS) is 21.8. The minimum Gasteiger partial charge on any atom is -0.489 e. The number of ether oxygens (including phenoxy) is 1. The molecule has 7 heteroatoms. The summed E-state index contributed by atoms with van der Waals surface area (Å²) in [6, 6.07) is 13.7. The lowest BCUT2D eigenvalue weighted by molar-refractivity contribution is 0.0690. The van der Waals surface area contributed by atoms with Gasteiger partial charge in [0.2, 0.25) is 0 Å². The molecular formula is C28H27N3O3S. The first-order chi connectivity index (χ1) is 17.0. The smallest absolute Gasteiger partial charge is 0.274 e. The second-order valence-electron chi connectivity index (χ2n) is 9.61. The van der Waals surface area contributed by atoms with Crippen LogP contribution in [0.4, 0.5) is 0 Å². The van der Waals surface area contributed by atoms with Crippen LogP contribution in [-0.2, 0) is 0 Å². The Balaban J connectivity index is 1.22. The quantitative estimate of drug-likeness (QED) is 0.568. The zero-order chi connectivity index (χ0) is 24.1. The Kier molecular flexibility index (Phi) is 5.44. The summed E-state index contributed by atoms with van der Waals surface area (Å²) in [5.74, 6) is 1.50. The molecule has 2 amide bonds. The van der Waals surface area contributed by atoms with Crippen LogP contribution in [0, 0.1) is 25.7 Å². The summed E-state index contributed by atoms with van der Waals surface area (Å²) in [4.78, 5) is 34.4. The van der Waals surface area contributed by atoms with Gasteiger partial charge in [-0.05, 0) is 55.9 Å². The average Bonchev–Trinajstić information content (AvgIpc) is 3.38. The molecule has 1 saturated carbocycles. The number of carbonyl (C=O) groups excluding carboxylic acids is 2. The molecule has 1 N–H and O–H groups in total. The lowest BCUT2D eigenvalue weighted by atomic mass is 10.0. The van der Waals surface area contributed by atoms with E-state index in [-0.39, 0.29) is 17.9 Å². The van der Waals surface area contributed by atoms with Crippen molar-refractivity contribution in [3.8, 4) is 16.2 Å². The van der Waals surface area contributed by atoms with Gasteiger partial charge in [-0.1, -0.05) is 42.0 Å². The first-order valence-corrected chi connectivity index (χ1v) is 12.9. The van der Waals surface area contributed by atoms with E-state index in [9.17, 15) is 9.59 Å². The third kappa shape index (κ3) is 4.04. The number of likely N-dealkylation sites (tertiary alicyclic amines) is 1. The van der Waals surface area contributed by atoms with Gasteiger partial charge in [0.1, 0.15) is 18.1 Å². The Morgan fingerprint density at radius 2 is 2.06 bits per heavy atom. The number of hydrogen-bond donors (Lipinski definition) is 1. The number of aryl methyl sites for hydroxylation is 2. The van der Waals surface area contributed by atoms with Gasteiger partial charge in [0.15, 0.2) is 0 Å². The van der Waals surface area contributed by atoms with Gasteiger partial charge in [-0.25, -0.2) is 4.98 Å². The molecule has 0 bridgehead atoms. The van der Waals surface area contributed by atoms with Crippen molar-refractivity contribution < 1.29 is 14.3 Å². The molecule has 1 aliphatic carbocycles. The highest BCUT2D eigenvalue weighted by atomic mass is 32.1. The van der Waals surface area contributed by atoms with Gasteiger partial charge in [0, 0.05) is 18.7 Å². The van der Waals surface area contributed by atoms with Crippen LogP contribution in [0.1, 0.15) is 43.4 Å². The van der Waals surface area contributed by atoms with E-state index in [1.807, 2.05) is 54.3 Å². The van der Waals surface area contributed by atoms with Gasteiger partial charge >= 0.3 is 0 Å². The number of nitrogens with zero attached hydrogens (tertiary/aromatic N) is 2. The predicted molar refractivity (Wildman–Crippen MR) is 137 cm³/mol. The summed E-state index contributed by atoms with van der Waals surface area (Å²) < 4.78 is 5.64. The molecule has 6 rings (SSSR count). The van der Waals surface area contributed by atoms with Gasteiger partial charge in [0.25, 0.3) is 11.8 Å². The molecule has 2 fully saturated rings. The summed E-state index contributed by atoms with van der Waals surface area (Å²) in [7, 11) is 0. The highest BCUT2D eigenvalue weighted by molar-refractivity contribution is 7.15. The molecule has 1 saturated heterocycles. The third-order valence-corrected chi connectivity index (χ3v) is 8.20. The molecule has 6 nitrogen and oxygen atoms in total. The van der Waals surface area contributed by atoms with Crippen LogP contribution in [-0.4, -0.2) is 47.4 Å². The van der Waals surface area contributed by atoms with Crippen molar-refractivity contribution in [2.45, 2.75) is 26.3 Å². The number of benzene rings is 2. The molecule has 1 aromatic heterocycles. The van der Waals surface area contributed by atoms with E-state index in [1.165, 1.54) is 0 Å². The SMILES string of the molecule is Cc1cccc(-c2sc(C)nc2C(=O)N2C[C@@H]3C[C@@H]3[C@H]2CNC(=O)c2cccc3c2C=CCO3)c1. The van der Waals surface area contributed by atoms with Crippen LogP contribution in [0.2, 0.25) is 0 Å². The van der Waals surface area contributed by atoms with E-state index in [0.717, 1.165) is 45.3 Å². The second kappa shape index (κ2) is 8.64. The monoisotopic (exact) mass is 485 g/mol. The van der Waals surface area contributed by atoms with Crippen LogP contribution in [0.3, 0.4) is 0 Å². The number of fused-ring (bicyclic) bond motifs is 2. The number of thiazole rings is 1. The first kappa shape index (κ1) is 22.0. The van der Waals surface area contributed by atoms with Crippen molar-refractivity contribution in [2.24, 2.45) is 11.8 Å². The summed E-state index contributed by atoms with van der Waals surface area (Å²) >= 11 is 1.56. The number of aromatic nitrogens is 1. The summed E-state index contributed by atoms with van der Waals surface area (Å²) in [6.07, 6.45) is 4.96. The van der Waals surface area contributed by atoms with Gasteiger partial charge in [-0.3, -0.25) is 9.59 Å². The molecular weight excluding hydrogens is 458 g/mol. The van der Waals surface area contributed by atoms with Gasteiger partial charge < -0.3 is 15.0 Å². The van der Waals surface area contributed by atoms with Crippen LogP contribution in [0.5, 0.6) is 5.75 Å². The van der Waals surface area contributed by atoms with Crippen molar-refractivity contribution in [3.05, 3.63) is 75.9 Å². The molecule has 3 aromatic rings. The molecule has 3 aliphatic rings. The Labute approximate surface area is 208 Å². The molecule has 3 atom stereocenters. The molecule has 2 aliphatic heterocycles. The molecule has 2 aromatic carbocycles. The van der Waals surface area contributed by atoms with Crippen LogP contribution < -0.4 is 10.1 Å². The molecule has 0 spiro atoms. The van der Waals surface area contributed by atoms with Crippen molar-refractivity contribution >= 4 is 29.2 Å². The maximum Gasteiger partial charge on any atom is 0.274 e. The number of piperidine rings is 1. The van der Waals surface area contributed by atoms with E-state index in [1.54, 1.807) is 11.3 Å². The van der Waals surface area contributed by atoms with E-state index < -0.39 is 0 Å². The molecule has 0 radical (unpaired) electrons. The van der Waals surface area contributed by atoms with E-state index in [2.05, 4.69) is 29.4 Å². The third-order valence-electron chi connectivity index (χ3n) is 7.18. The Bertz CT molecular complexity index is 1360. The van der Waals surface area contributed by atoms with Gasteiger partial charge in [-0.2, -0.15) is 0 Å². The average molecular weight is 486 g/mol. The fraction of sp³-hybridized carbons (Fsp3) is 0.321. The summed E-state index contributed by atoms with van der Waals surface area (Å²) in [6.45, 7) is 5.67. The van der Waals surface area contributed by atoms with Crippen molar-refractivity contribution in [1.82, 2.24) is 15.2 Å². The Morgan fingerprint density at radius 1 is 1.20 bits per heavy atom. The molecule has 0 unspecified atom stereocenters. The fourth-order valence-electron chi connectivity index (χ4n) is 5.39. The second-order valence-corrected chi connectivity index (χ2v) is 10.8. The zero-order valence-electron chi connectivity index (χ0n) is 19.8. The summed E-state index contributed by atoms with van der Waals surface area (Å²) in [5, 5.41) is 3.98. The van der Waals surface area contributed by atoms with Crippen molar-refractivity contribution in [2.75, 3.05) is 19.7 Å². The highest BCUT2D eigenvalue weighted by Crippen LogP contribution is 2.50. The summed E-state index contributed by atoms with van der Waals surface area (Å²) in [5.41, 5.74) is 4.10. The van der Waals surface area contributed by atoms with Crippen LogP contribution >= 0.6 is 11.3 Å². The number of carbonyl (C=O) groups is 2. The minimum atomic E-state index is -0.140. The van der Waals surface area contributed by atoms with Crippen LogP contribution in [0.15, 0.2) is 48.5 Å². The number of amides is 2. The highest BCUT2D eigenvalue weighted by Gasteiger charge is 2.54. The zero-order valence-corrected chi connectivity index (χ0v) is 20.6. The van der Waals surface area contributed by atoms with Crippen molar-refractivity contribution in [3.63, 3.8) is 0 Å². The van der Waals surface area contributed by atoms with Crippen LogP contribution in [0.25, 0.3) is 16.5 Å². The minimum absolute atomic E-state index is 0.0184. The Morgan fingerprint density at radius 3 is 2.91 bits per heavy atom. The molecule has 3 heterocycles. The first-order valence-electron chi connectivity index (χ1n) is 12.1. The lowest BCUT2D eigenvalue weighted by Crippen LogP contribution is -2.45. The molecule has 35 heavy (non-hydrogen) atoms. The largest absolute Gasteiger partial charge is 0.489 e. The maximum absolute atomic E-state index is 13.8. The standard InChI is InChI=1S/C28H27N3O3S/c1-16-6-3-7-18(12-16)26-25(30-17(2)35-26)28(33)31-15-19-13-22(19)23(31)14-29-27(32)21-8-4-10-24-20(21)9-5-11-34-24/h3-10,12,19,22-23H,11,13-15H2,1-2H3,(H,29,32)/t19-,22-,23+/m0/s1.